The van der Waals surface area contributed by atoms with Crippen molar-refractivity contribution in [3.63, 3.8) is 0 Å². The van der Waals surface area contributed by atoms with Crippen molar-refractivity contribution in [1.82, 2.24) is 0 Å². The van der Waals surface area contributed by atoms with Gasteiger partial charge in [-0.3, -0.25) is 9.59 Å². The number of rotatable bonds is 8. The molecule has 114 valence electrons. The summed E-state index contributed by atoms with van der Waals surface area (Å²) in [6.07, 6.45) is 3.61. The predicted molar refractivity (Wildman–Crippen MR) is 88.7 cm³/mol. The van der Waals surface area contributed by atoms with Crippen molar-refractivity contribution in [2.75, 3.05) is 11.5 Å². The van der Waals surface area contributed by atoms with E-state index < -0.39 is 33.1 Å². The van der Waals surface area contributed by atoms with E-state index in [0.29, 0.717) is 0 Å². The molecule has 0 heterocycles. The van der Waals surface area contributed by atoms with E-state index in [4.69, 9.17) is 11.5 Å². The van der Waals surface area contributed by atoms with Gasteiger partial charge in [-0.2, -0.15) is 0 Å². The average molecular weight is 337 g/mol. The minimum absolute atomic E-state index is 0.282. The number of carbonyl (C=O) groups is 2. The molecule has 0 aromatic heterocycles. The van der Waals surface area contributed by atoms with Crippen LogP contribution < -0.4 is 11.5 Å². The smallest absolute Gasteiger partial charge is 0.244 e. The molecule has 0 aliphatic heterocycles. The Morgan fingerprint density at radius 3 is 1.65 bits per heavy atom. The number of nitrogens with two attached hydrogens (primary N) is 2. The van der Waals surface area contributed by atoms with Gasteiger partial charge in [0.25, 0.3) is 0 Å². The summed E-state index contributed by atoms with van der Waals surface area (Å²) in [5.74, 6) is 0.565. The minimum Gasteiger partial charge on any atom is -0.320 e. The van der Waals surface area contributed by atoms with Crippen LogP contribution in [-0.2, 0) is 20.4 Å². The van der Waals surface area contributed by atoms with E-state index in [-0.39, 0.29) is 11.5 Å². The Balaban J connectivity index is 4.40. The molecule has 2 atom stereocenters. The molecule has 0 radical (unpaired) electrons. The molecule has 8 heteroatoms. The lowest BCUT2D eigenvalue weighted by Crippen LogP contribution is -2.43. The van der Waals surface area contributed by atoms with Gasteiger partial charge in [0.2, 0.25) is 10.2 Å². The third kappa shape index (κ3) is 7.39. The highest BCUT2D eigenvalue weighted by Gasteiger charge is 2.29. The maximum absolute atomic E-state index is 11.8. The second-order valence-electron chi connectivity index (χ2n) is 3.73. The summed E-state index contributed by atoms with van der Waals surface area (Å²) in [7, 11) is -2.28. The fraction of sp³-hybridized carbons (Fsp3) is 0.500. The Bertz CT molecular complexity index is 375. The number of hydrogen-bond acceptors (Lipinski definition) is 7. The van der Waals surface area contributed by atoms with Crippen molar-refractivity contribution < 1.29 is 13.8 Å². The molecule has 0 aromatic rings. The maximum atomic E-state index is 11.8. The fourth-order valence-corrected chi connectivity index (χ4v) is 3.47. The third-order valence-corrected chi connectivity index (χ3v) is 5.36. The molecule has 0 spiro atoms. The predicted octanol–water partition coefficient (Wildman–Crippen LogP) is 0.976. The summed E-state index contributed by atoms with van der Waals surface area (Å²) in [6, 6.07) is -1.87. The first-order chi connectivity index (χ1) is 9.45. The van der Waals surface area contributed by atoms with Crippen molar-refractivity contribution in [1.29, 1.82) is 0 Å². The summed E-state index contributed by atoms with van der Waals surface area (Å²) < 4.78 is 11.8. The summed E-state index contributed by atoms with van der Waals surface area (Å²) in [5, 5.41) is 2.02. The highest BCUT2D eigenvalue weighted by atomic mass is 32.2. The van der Waals surface area contributed by atoms with Gasteiger partial charge in [-0.1, -0.05) is 12.2 Å². The van der Waals surface area contributed by atoms with Gasteiger partial charge < -0.3 is 11.5 Å². The SMILES string of the molecule is CC=CSC[C@H](N)C(=O)S(=O)C(=O)[C@@H](N)CSC=CC. The highest BCUT2D eigenvalue weighted by molar-refractivity contribution is 8.14. The van der Waals surface area contributed by atoms with Gasteiger partial charge >= 0.3 is 0 Å². The molecule has 0 unspecified atom stereocenters. The lowest BCUT2D eigenvalue weighted by Gasteiger charge is -2.11. The molecular weight excluding hydrogens is 316 g/mol. The Morgan fingerprint density at radius 1 is 1.00 bits per heavy atom. The van der Waals surface area contributed by atoms with Crippen LogP contribution in [0.1, 0.15) is 13.8 Å². The topological polar surface area (TPSA) is 103 Å². The van der Waals surface area contributed by atoms with Crippen molar-refractivity contribution >= 4 is 44.6 Å². The van der Waals surface area contributed by atoms with Crippen molar-refractivity contribution in [3.05, 3.63) is 23.0 Å². The Labute approximate surface area is 130 Å². The summed E-state index contributed by atoms with van der Waals surface area (Å²) in [5.41, 5.74) is 11.2. The van der Waals surface area contributed by atoms with Crippen molar-refractivity contribution in [2.24, 2.45) is 11.5 Å². The van der Waals surface area contributed by atoms with Gasteiger partial charge in [0.1, 0.15) is 0 Å². The van der Waals surface area contributed by atoms with Crippen molar-refractivity contribution in [3.8, 4) is 0 Å². The zero-order chi connectivity index (χ0) is 15.5. The zero-order valence-electron chi connectivity index (χ0n) is 11.5. The fourth-order valence-electron chi connectivity index (χ4n) is 1.02. The molecular formula is C12H20N2O3S3. The first-order valence-corrected chi connectivity index (χ1v) is 9.16. The van der Waals surface area contributed by atoms with Crippen LogP contribution in [0.25, 0.3) is 0 Å². The van der Waals surface area contributed by atoms with Crippen LogP contribution in [-0.4, -0.2) is 38.0 Å². The Kier molecular flexibility index (Phi) is 11.0. The van der Waals surface area contributed by atoms with E-state index >= 15 is 0 Å². The van der Waals surface area contributed by atoms with Crippen LogP contribution in [0.15, 0.2) is 23.0 Å². The molecule has 0 saturated heterocycles. The van der Waals surface area contributed by atoms with E-state index in [1.807, 2.05) is 13.8 Å². The molecule has 0 bridgehead atoms. The van der Waals surface area contributed by atoms with Crippen LogP contribution in [0.4, 0.5) is 0 Å². The second-order valence-corrected chi connectivity index (χ2v) is 6.95. The number of hydrogen-bond donors (Lipinski definition) is 2. The molecule has 0 amide bonds. The van der Waals surface area contributed by atoms with Gasteiger partial charge in [-0.25, -0.2) is 4.21 Å². The summed E-state index contributed by atoms with van der Waals surface area (Å²) in [4.78, 5) is 23.5. The average Bonchev–Trinajstić information content (AvgIpc) is 2.45. The van der Waals surface area contributed by atoms with Crippen LogP contribution in [0.2, 0.25) is 0 Å². The molecule has 0 saturated carbocycles. The van der Waals surface area contributed by atoms with Crippen LogP contribution in [0.5, 0.6) is 0 Å². The molecule has 0 aliphatic carbocycles. The van der Waals surface area contributed by atoms with Gasteiger partial charge in [-0.15, -0.1) is 23.5 Å². The third-order valence-electron chi connectivity index (χ3n) is 1.99. The quantitative estimate of drug-likeness (QED) is 0.681. The molecule has 20 heavy (non-hydrogen) atoms. The monoisotopic (exact) mass is 336 g/mol. The second kappa shape index (κ2) is 11.3. The molecule has 5 nitrogen and oxygen atoms in total. The van der Waals surface area contributed by atoms with Gasteiger partial charge in [0.15, 0.2) is 10.8 Å². The van der Waals surface area contributed by atoms with E-state index in [1.165, 1.54) is 23.5 Å². The lowest BCUT2D eigenvalue weighted by atomic mass is 10.4. The largest absolute Gasteiger partial charge is 0.320 e. The molecule has 0 fully saturated rings. The number of thioether (sulfide) groups is 2. The normalized spacial score (nSPS) is 16.4. The van der Waals surface area contributed by atoms with E-state index in [9.17, 15) is 13.8 Å². The first kappa shape index (κ1) is 19.6. The van der Waals surface area contributed by atoms with E-state index in [1.54, 1.807) is 23.0 Å². The summed E-state index contributed by atoms with van der Waals surface area (Å²) in [6.45, 7) is 3.67. The Morgan fingerprint density at radius 2 is 1.35 bits per heavy atom. The zero-order valence-corrected chi connectivity index (χ0v) is 13.9. The maximum Gasteiger partial charge on any atom is 0.244 e. The van der Waals surface area contributed by atoms with E-state index in [0.717, 1.165) is 0 Å². The van der Waals surface area contributed by atoms with E-state index in [2.05, 4.69) is 0 Å². The first-order valence-electron chi connectivity index (χ1n) is 5.91. The standard InChI is InChI=1S/C12H20N2O3S3/c1-3-5-18-7-9(13)11(15)20(17)12(16)10(14)8-19-6-4-2/h3-6,9-10H,7-8,13-14H2,1-2H3/t9-,10-,20?/m0/s1. The molecule has 0 aromatic carbocycles. The van der Waals surface area contributed by atoms with Crippen LogP contribution in [0, 0.1) is 0 Å². The molecule has 0 rings (SSSR count). The van der Waals surface area contributed by atoms with Gasteiger partial charge in [-0.05, 0) is 24.7 Å². The Hall–Kier alpha value is -0.410. The lowest BCUT2D eigenvalue weighted by molar-refractivity contribution is -0.114. The summed E-state index contributed by atoms with van der Waals surface area (Å²) >= 11 is 2.65. The molecule has 4 N–H and O–H groups in total. The van der Waals surface area contributed by atoms with Crippen LogP contribution >= 0.6 is 23.5 Å². The van der Waals surface area contributed by atoms with Gasteiger partial charge in [0, 0.05) is 11.5 Å². The molecule has 0 aliphatic rings. The van der Waals surface area contributed by atoms with Gasteiger partial charge in [0.05, 0.1) is 12.1 Å². The minimum atomic E-state index is -2.28. The highest BCUT2D eigenvalue weighted by Crippen LogP contribution is 2.08. The number of carbonyl (C=O) groups excluding carboxylic acids is 2. The van der Waals surface area contributed by atoms with Crippen molar-refractivity contribution in [2.45, 2.75) is 25.9 Å². The van der Waals surface area contributed by atoms with Crippen LogP contribution in [0.3, 0.4) is 0 Å². The number of allylic oxidation sites excluding steroid dienone is 2.